The third-order valence-corrected chi connectivity index (χ3v) is 6.74. The van der Waals surface area contributed by atoms with Crippen molar-refractivity contribution in [3.8, 4) is 5.69 Å². The molecule has 2 heterocycles. The highest BCUT2D eigenvalue weighted by Crippen LogP contribution is 2.45. The number of hydrogen-bond acceptors (Lipinski definition) is 4. The van der Waals surface area contributed by atoms with Crippen LogP contribution in [0.4, 0.5) is 8.78 Å². The molecule has 2 unspecified atom stereocenters. The third-order valence-electron chi connectivity index (χ3n) is 5.44. The minimum absolute atomic E-state index is 0.0410. The van der Waals surface area contributed by atoms with Crippen molar-refractivity contribution in [2.24, 2.45) is 0 Å². The molecule has 32 heavy (non-hydrogen) atoms. The van der Waals surface area contributed by atoms with Crippen molar-refractivity contribution in [2.75, 3.05) is 6.61 Å². The van der Waals surface area contributed by atoms with Crippen LogP contribution in [0.3, 0.4) is 0 Å². The lowest BCUT2D eigenvalue weighted by molar-refractivity contribution is 0.0919. The van der Waals surface area contributed by atoms with Gasteiger partial charge in [0.15, 0.2) is 5.43 Å². The number of pyridine rings is 1. The lowest BCUT2D eigenvalue weighted by atomic mass is 10.0. The predicted molar refractivity (Wildman–Crippen MR) is 119 cm³/mol. The van der Waals surface area contributed by atoms with Gasteiger partial charge in [-0.2, -0.15) is 0 Å². The van der Waals surface area contributed by atoms with Crippen LogP contribution in [0.5, 0.6) is 0 Å². The van der Waals surface area contributed by atoms with Gasteiger partial charge in [-0.15, -0.1) is 11.8 Å². The van der Waals surface area contributed by atoms with Gasteiger partial charge in [-0.1, -0.05) is 18.2 Å². The molecule has 0 fully saturated rings. The number of aliphatic hydroxyl groups is 1. The largest absolute Gasteiger partial charge is 0.394 e. The number of nitrogens with one attached hydrogen (secondary N) is 1. The minimum Gasteiger partial charge on any atom is -0.394 e. The maximum atomic E-state index is 14.7. The molecule has 1 aliphatic heterocycles. The highest BCUT2D eigenvalue weighted by Gasteiger charge is 2.30. The number of amides is 1. The number of carbonyl (C=O) groups is 1. The first-order chi connectivity index (χ1) is 15.3. The molecule has 8 heteroatoms. The zero-order valence-electron chi connectivity index (χ0n) is 17.6. The number of benzene rings is 2. The van der Waals surface area contributed by atoms with Gasteiger partial charge in [-0.25, -0.2) is 8.78 Å². The van der Waals surface area contributed by atoms with Crippen molar-refractivity contribution in [3.63, 3.8) is 0 Å². The summed E-state index contributed by atoms with van der Waals surface area (Å²) >= 11 is 1.40. The van der Waals surface area contributed by atoms with E-state index in [-0.39, 0.29) is 18.6 Å². The van der Waals surface area contributed by atoms with Gasteiger partial charge in [0.2, 0.25) is 0 Å². The fraction of sp³-hybridized carbons (Fsp3) is 0.250. The molecule has 4 rings (SSSR count). The first-order valence-electron chi connectivity index (χ1n) is 10.2. The third kappa shape index (κ3) is 4.08. The first-order valence-corrected chi connectivity index (χ1v) is 11.1. The molecule has 0 aliphatic carbocycles. The number of thioether (sulfide) groups is 1. The van der Waals surface area contributed by atoms with Crippen molar-refractivity contribution >= 4 is 17.7 Å². The van der Waals surface area contributed by atoms with Gasteiger partial charge in [0, 0.05) is 51.7 Å². The van der Waals surface area contributed by atoms with Gasteiger partial charge in [0.05, 0.1) is 12.3 Å². The Balaban J connectivity index is 1.96. The highest BCUT2D eigenvalue weighted by atomic mass is 32.2. The summed E-state index contributed by atoms with van der Waals surface area (Å²) < 4.78 is 30.1. The number of halogens is 2. The number of fused-ring (bicyclic) bond motifs is 3. The van der Waals surface area contributed by atoms with Crippen LogP contribution >= 0.6 is 11.8 Å². The van der Waals surface area contributed by atoms with E-state index in [1.165, 1.54) is 30.0 Å². The monoisotopic (exact) mass is 456 g/mol. The summed E-state index contributed by atoms with van der Waals surface area (Å²) in [4.78, 5) is 26.8. The van der Waals surface area contributed by atoms with Crippen LogP contribution in [0.2, 0.25) is 0 Å². The Morgan fingerprint density at radius 1 is 1.25 bits per heavy atom. The predicted octanol–water partition coefficient (Wildman–Crippen LogP) is 3.92. The molecule has 0 bridgehead atoms. The molecule has 5 nitrogen and oxygen atoms in total. The number of hydrogen-bond donors (Lipinski definition) is 2. The van der Waals surface area contributed by atoms with E-state index in [0.717, 1.165) is 16.6 Å². The molecule has 2 atom stereocenters. The molecule has 0 spiro atoms. The second kappa shape index (κ2) is 8.88. The van der Waals surface area contributed by atoms with E-state index >= 15 is 0 Å². The number of nitrogens with zero attached hydrogens (tertiary/aromatic N) is 1. The molecule has 0 saturated heterocycles. The molecule has 3 aromatic rings. The average molecular weight is 457 g/mol. The SMILES string of the molecule is Cc1cc(=O)c(C(=O)NC(C)CO)c2n1-c1ccccc1SC(c1ccc(F)cc1F)C2. The smallest absolute Gasteiger partial charge is 0.257 e. The van der Waals surface area contributed by atoms with E-state index < -0.39 is 34.3 Å². The van der Waals surface area contributed by atoms with Gasteiger partial charge in [0.25, 0.3) is 5.91 Å². The molecule has 0 saturated carbocycles. The maximum Gasteiger partial charge on any atom is 0.257 e. The molecule has 1 aromatic heterocycles. The molecule has 1 aliphatic rings. The summed E-state index contributed by atoms with van der Waals surface area (Å²) in [6, 6.07) is 11.8. The molecular formula is C24H22F2N2O3S. The number of aryl methyl sites for hydroxylation is 1. The van der Waals surface area contributed by atoms with E-state index in [4.69, 9.17) is 0 Å². The number of para-hydroxylation sites is 1. The Labute approximate surface area is 188 Å². The van der Waals surface area contributed by atoms with Gasteiger partial charge in [-0.3, -0.25) is 9.59 Å². The van der Waals surface area contributed by atoms with Gasteiger partial charge >= 0.3 is 0 Å². The van der Waals surface area contributed by atoms with Crippen LogP contribution in [0.15, 0.2) is 58.2 Å². The summed E-state index contributed by atoms with van der Waals surface area (Å²) in [5, 5.41) is 11.5. The molecule has 1 amide bonds. The average Bonchev–Trinajstić information content (AvgIpc) is 2.90. The quantitative estimate of drug-likeness (QED) is 0.624. The Morgan fingerprint density at radius 3 is 2.72 bits per heavy atom. The molecule has 0 radical (unpaired) electrons. The first kappa shape index (κ1) is 22.2. The van der Waals surface area contributed by atoms with Crippen molar-refractivity contribution in [1.29, 1.82) is 0 Å². The lowest BCUT2D eigenvalue weighted by Gasteiger charge is -2.21. The van der Waals surface area contributed by atoms with E-state index in [9.17, 15) is 23.5 Å². The maximum absolute atomic E-state index is 14.7. The highest BCUT2D eigenvalue weighted by molar-refractivity contribution is 7.99. The van der Waals surface area contributed by atoms with Crippen molar-refractivity contribution < 1.29 is 18.7 Å². The Kier molecular flexibility index (Phi) is 6.17. The van der Waals surface area contributed by atoms with Crippen molar-refractivity contribution in [3.05, 3.63) is 92.9 Å². The fourth-order valence-electron chi connectivity index (χ4n) is 3.95. The summed E-state index contributed by atoms with van der Waals surface area (Å²) in [5.41, 5.74) is 1.68. The number of rotatable bonds is 4. The number of aliphatic hydroxyl groups excluding tert-OH is 1. The lowest BCUT2D eigenvalue weighted by Crippen LogP contribution is -2.39. The van der Waals surface area contributed by atoms with Gasteiger partial charge in [0.1, 0.15) is 17.2 Å². The summed E-state index contributed by atoms with van der Waals surface area (Å²) in [6.45, 7) is 3.14. The Morgan fingerprint density at radius 2 is 2.00 bits per heavy atom. The van der Waals surface area contributed by atoms with Crippen LogP contribution in [-0.2, 0) is 6.42 Å². The second-order valence-electron chi connectivity index (χ2n) is 7.81. The standard InChI is InChI=1S/C24H22F2N2O3S/c1-13(12-29)27-24(31)23-19-11-22(16-8-7-15(25)10-17(16)26)32-21-6-4-3-5-18(21)28(19)14(2)9-20(23)30/h3-10,13,22,29H,11-12H2,1-2H3,(H,27,31). The fourth-order valence-corrected chi connectivity index (χ4v) is 5.26. The zero-order chi connectivity index (χ0) is 23.0. The van der Waals surface area contributed by atoms with Crippen LogP contribution in [0, 0.1) is 18.6 Å². The van der Waals surface area contributed by atoms with E-state index in [2.05, 4.69) is 5.32 Å². The zero-order valence-corrected chi connectivity index (χ0v) is 18.4. The van der Waals surface area contributed by atoms with Crippen LogP contribution in [0.25, 0.3) is 5.69 Å². The van der Waals surface area contributed by atoms with E-state index in [1.807, 2.05) is 28.8 Å². The van der Waals surface area contributed by atoms with E-state index in [1.54, 1.807) is 13.8 Å². The Bertz CT molecular complexity index is 1260. The van der Waals surface area contributed by atoms with Crippen LogP contribution in [0.1, 0.15) is 39.5 Å². The molecule has 2 N–H and O–H groups in total. The second-order valence-corrected chi connectivity index (χ2v) is 9.05. The minimum atomic E-state index is -0.677. The molecular weight excluding hydrogens is 434 g/mol. The molecule has 2 aromatic carbocycles. The van der Waals surface area contributed by atoms with Crippen LogP contribution in [-0.4, -0.2) is 28.2 Å². The Hall–Kier alpha value is -2.97. The van der Waals surface area contributed by atoms with E-state index in [0.29, 0.717) is 17.0 Å². The number of aromatic nitrogens is 1. The van der Waals surface area contributed by atoms with Crippen LogP contribution < -0.4 is 10.7 Å². The summed E-state index contributed by atoms with van der Waals surface area (Å²) in [7, 11) is 0. The number of carbonyl (C=O) groups excluding carboxylic acids is 1. The topological polar surface area (TPSA) is 71.3 Å². The summed E-state index contributed by atoms with van der Waals surface area (Å²) in [6.07, 6.45) is 0.176. The van der Waals surface area contributed by atoms with Crippen molar-refractivity contribution in [2.45, 2.75) is 36.5 Å². The summed E-state index contributed by atoms with van der Waals surface area (Å²) in [5.74, 6) is -1.94. The van der Waals surface area contributed by atoms with Crippen molar-refractivity contribution in [1.82, 2.24) is 9.88 Å². The van der Waals surface area contributed by atoms with Gasteiger partial charge < -0.3 is 15.0 Å². The normalized spacial score (nSPS) is 16.0. The van der Waals surface area contributed by atoms with Gasteiger partial charge in [-0.05, 0) is 32.0 Å². The molecule has 166 valence electrons.